The van der Waals surface area contributed by atoms with Crippen molar-refractivity contribution in [3.8, 4) is 0 Å². The Morgan fingerprint density at radius 2 is 2.00 bits per heavy atom. The molecule has 1 unspecified atom stereocenters. The van der Waals surface area contributed by atoms with Gasteiger partial charge in [-0.3, -0.25) is 14.7 Å². The Labute approximate surface area is 147 Å². The molecule has 2 amide bonds. The van der Waals surface area contributed by atoms with E-state index in [1.165, 1.54) is 6.92 Å². The second kappa shape index (κ2) is 7.51. The number of carbonyl (C=O) groups excluding carboxylic acids is 2. The molecule has 0 spiro atoms. The largest absolute Gasteiger partial charge is 0.354 e. The maximum Gasteiger partial charge on any atom is 0.228 e. The van der Waals surface area contributed by atoms with Gasteiger partial charge in [-0.05, 0) is 24.8 Å². The van der Waals surface area contributed by atoms with E-state index in [0.717, 1.165) is 24.1 Å². The molecule has 6 nitrogen and oxygen atoms in total. The van der Waals surface area contributed by atoms with Crippen LogP contribution in [0.3, 0.4) is 0 Å². The molecule has 0 bridgehead atoms. The summed E-state index contributed by atoms with van der Waals surface area (Å²) in [5, 5.41) is 13.0. The summed E-state index contributed by atoms with van der Waals surface area (Å²) in [5.74, 6) is 0.819. The molecule has 0 radical (unpaired) electrons. The van der Waals surface area contributed by atoms with Gasteiger partial charge in [-0.25, -0.2) is 0 Å². The molecule has 0 saturated heterocycles. The lowest BCUT2D eigenvalue weighted by Crippen LogP contribution is -2.42. The molecule has 1 aromatic carbocycles. The van der Waals surface area contributed by atoms with Gasteiger partial charge in [0.15, 0.2) is 0 Å². The lowest BCUT2D eigenvalue weighted by Gasteiger charge is -2.34. The highest BCUT2D eigenvalue weighted by molar-refractivity contribution is 5.91. The van der Waals surface area contributed by atoms with Crippen molar-refractivity contribution in [3.63, 3.8) is 0 Å². The van der Waals surface area contributed by atoms with Gasteiger partial charge in [-0.1, -0.05) is 37.3 Å². The van der Waals surface area contributed by atoms with Crippen LogP contribution in [0.25, 0.3) is 0 Å². The Morgan fingerprint density at radius 1 is 1.28 bits per heavy atom. The van der Waals surface area contributed by atoms with Crippen LogP contribution in [-0.4, -0.2) is 28.1 Å². The number of rotatable bonds is 6. The number of aromatic nitrogens is 2. The lowest BCUT2D eigenvalue weighted by atomic mass is 9.78. The Kier molecular flexibility index (Phi) is 5.16. The first kappa shape index (κ1) is 17.2. The smallest absolute Gasteiger partial charge is 0.228 e. The number of hydrogen-bond donors (Lipinski definition) is 3. The Morgan fingerprint density at radius 3 is 2.68 bits per heavy atom. The van der Waals surface area contributed by atoms with Crippen molar-refractivity contribution < 1.29 is 9.59 Å². The quantitative estimate of drug-likeness (QED) is 0.755. The van der Waals surface area contributed by atoms with Crippen molar-refractivity contribution in [2.24, 2.45) is 5.92 Å². The minimum absolute atomic E-state index is 0.00540. The van der Waals surface area contributed by atoms with Crippen LogP contribution in [0.15, 0.2) is 36.4 Å². The summed E-state index contributed by atoms with van der Waals surface area (Å²) in [6.07, 6.45) is 2.49. The third-order valence-corrected chi connectivity index (χ3v) is 4.65. The molecule has 1 heterocycles. The first-order valence-corrected chi connectivity index (χ1v) is 8.68. The van der Waals surface area contributed by atoms with E-state index in [-0.39, 0.29) is 23.8 Å². The lowest BCUT2D eigenvalue weighted by molar-refractivity contribution is -0.120. The summed E-state index contributed by atoms with van der Waals surface area (Å²) in [4.78, 5) is 23.4. The van der Waals surface area contributed by atoms with Crippen LogP contribution in [0, 0.1) is 5.92 Å². The van der Waals surface area contributed by atoms with Crippen molar-refractivity contribution in [2.45, 2.75) is 45.1 Å². The molecule has 0 aliphatic heterocycles. The van der Waals surface area contributed by atoms with Gasteiger partial charge >= 0.3 is 0 Å². The molecule has 1 saturated carbocycles. The zero-order chi connectivity index (χ0) is 17.8. The summed E-state index contributed by atoms with van der Waals surface area (Å²) in [6, 6.07) is 12.1. The summed E-state index contributed by atoms with van der Waals surface area (Å²) in [7, 11) is 0. The van der Waals surface area contributed by atoms with Crippen LogP contribution in [-0.2, 0) is 16.0 Å². The van der Waals surface area contributed by atoms with Crippen LogP contribution in [0.2, 0.25) is 0 Å². The minimum Gasteiger partial charge on any atom is -0.354 e. The van der Waals surface area contributed by atoms with Gasteiger partial charge in [0, 0.05) is 30.9 Å². The van der Waals surface area contributed by atoms with E-state index in [2.05, 4.69) is 20.8 Å². The van der Waals surface area contributed by atoms with E-state index in [4.69, 9.17) is 0 Å². The normalized spacial score (nSPS) is 20.4. The number of aromatic amines is 1. The molecule has 1 aliphatic carbocycles. The van der Waals surface area contributed by atoms with Gasteiger partial charge in [0.1, 0.15) is 5.82 Å². The highest BCUT2D eigenvalue weighted by Crippen LogP contribution is 2.36. The van der Waals surface area contributed by atoms with Crippen LogP contribution < -0.4 is 10.6 Å². The fourth-order valence-electron chi connectivity index (χ4n) is 3.19. The molecule has 2 aromatic rings. The van der Waals surface area contributed by atoms with E-state index < -0.39 is 0 Å². The second-order valence-corrected chi connectivity index (χ2v) is 6.85. The first-order valence-electron chi connectivity index (χ1n) is 8.68. The molecule has 3 rings (SSSR count). The highest BCUT2D eigenvalue weighted by atomic mass is 16.2. The van der Waals surface area contributed by atoms with Crippen molar-refractivity contribution >= 4 is 17.6 Å². The van der Waals surface area contributed by atoms with Gasteiger partial charge in [0.05, 0.1) is 5.69 Å². The highest BCUT2D eigenvalue weighted by Gasteiger charge is 2.32. The molecule has 1 aliphatic rings. The predicted molar refractivity (Wildman–Crippen MR) is 96.1 cm³/mol. The molecule has 3 N–H and O–H groups in total. The van der Waals surface area contributed by atoms with Gasteiger partial charge in [-0.2, -0.15) is 5.10 Å². The number of carbonyl (C=O) groups is 2. The monoisotopic (exact) mass is 340 g/mol. The average molecular weight is 340 g/mol. The number of nitrogens with zero attached hydrogens (tertiary/aromatic N) is 1. The van der Waals surface area contributed by atoms with E-state index in [1.807, 2.05) is 43.3 Å². The predicted octanol–water partition coefficient (Wildman–Crippen LogP) is 2.61. The fraction of sp³-hybridized carbons (Fsp3) is 0.421. The van der Waals surface area contributed by atoms with Crippen LogP contribution in [0.5, 0.6) is 0 Å². The maximum absolute atomic E-state index is 12.3. The third kappa shape index (κ3) is 4.47. The molecule has 1 fully saturated rings. The standard InChI is InChI=1S/C19H24N4O2/c1-12(8-14-6-4-3-5-7-14)19(25)21-18-11-17(22-23-18)15-9-16(10-15)20-13(2)24/h3-7,11-12,15-16H,8-10H2,1-2H3,(H,20,24)(H2,21,22,23,25)/t12?,15-,16+. The Balaban J connectivity index is 1.50. The Hall–Kier alpha value is -2.63. The van der Waals surface area contributed by atoms with Gasteiger partial charge < -0.3 is 10.6 Å². The average Bonchev–Trinajstić information content (AvgIpc) is 2.99. The molecule has 132 valence electrons. The summed E-state index contributed by atoms with van der Waals surface area (Å²) < 4.78 is 0. The molecule has 6 heteroatoms. The topological polar surface area (TPSA) is 86.9 Å². The third-order valence-electron chi connectivity index (χ3n) is 4.65. The van der Waals surface area contributed by atoms with Crippen molar-refractivity contribution in [1.29, 1.82) is 0 Å². The Bertz CT molecular complexity index is 735. The van der Waals surface area contributed by atoms with Gasteiger partial charge in [0.2, 0.25) is 11.8 Å². The number of H-pyrrole nitrogens is 1. The molecule has 25 heavy (non-hydrogen) atoms. The van der Waals surface area contributed by atoms with Gasteiger partial charge in [-0.15, -0.1) is 0 Å². The zero-order valence-corrected chi connectivity index (χ0v) is 14.6. The summed E-state index contributed by atoms with van der Waals surface area (Å²) in [6.45, 7) is 3.45. The summed E-state index contributed by atoms with van der Waals surface area (Å²) >= 11 is 0. The summed E-state index contributed by atoms with van der Waals surface area (Å²) in [5.41, 5.74) is 2.08. The second-order valence-electron chi connectivity index (χ2n) is 6.85. The fourth-order valence-corrected chi connectivity index (χ4v) is 3.19. The van der Waals surface area contributed by atoms with Crippen LogP contribution in [0.4, 0.5) is 5.82 Å². The number of hydrogen-bond acceptors (Lipinski definition) is 3. The molecular formula is C19H24N4O2. The number of amides is 2. The van der Waals surface area contributed by atoms with E-state index >= 15 is 0 Å². The van der Waals surface area contributed by atoms with Crippen LogP contribution in [0.1, 0.15) is 43.9 Å². The van der Waals surface area contributed by atoms with Gasteiger partial charge in [0.25, 0.3) is 0 Å². The van der Waals surface area contributed by atoms with Crippen LogP contribution >= 0.6 is 0 Å². The number of benzene rings is 1. The zero-order valence-electron chi connectivity index (χ0n) is 14.6. The number of nitrogens with one attached hydrogen (secondary N) is 3. The first-order chi connectivity index (χ1) is 12.0. The SMILES string of the molecule is CC(=O)N[C@H]1C[C@@H](c2cc(NC(=O)C(C)Cc3ccccc3)[nH]n2)C1. The van der Waals surface area contributed by atoms with E-state index in [0.29, 0.717) is 18.2 Å². The number of anilines is 1. The van der Waals surface area contributed by atoms with Crippen molar-refractivity contribution in [1.82, 2.24) is 15.5 Å². The molecule has 1 atom stereocenters. The molecular weight excluding hydrogens is 316 g/mol. The van der Waals surface area contributed by atoms with E-state index in [1.54, 1.807) is 0 Å². The van der Waals surface area contributed by atoms with Crippen molar-refractivity contribution in [2.75, 3.05) is 5.32 Å². The molecule has 1 aromatic heterocycles. The van der Waals surface area contributed by atoms with E-state index in [9.17, 15) is 9.59 Å². The minimum atomic E-state index is -0.123. The maximum atomic E-state index is 12.3. The van der Waals surface area contributed by atoms with Crippen molar-refractivity contribution in [3.05, 3.63) is 47.7 Å².